The van der Waals surface area contributed by atoms with Gasteiger partial charge in [0.05, 0.1) is 39.9 Å². The third-order valence-corrected chi connectivity index (χ3v) is 15.2. The quantitative estimate of drug-likeness (QED) is 0.0243. The van der Waals surface area contributed by atoms with E-state index in [1.165, 1.54) is 250 Å². The van der Waals surface area contributed by atoms with Crippen LogP contribution in [0.5, 0.6) is 0 Å². The van der Waals surface area contributed by atoms with E-state index in [-0.39, 0.29) is 19.1 Å². The monoisotopic (exact) mass is 998 g/mol. The van der Waals surface area contributed by atoms with Gasteiger partial charge in [0, 0.05) is 6.42 Å². The van der Waals surface area contributed by atoms with Crippen LogP contribution in [0.25, 0.3) is 0 Å². The second kappa shape index (κ2) is 52.1. The number of hydrogen-bond donors (Lipinski definition) is 3. The fraction of sp³-hybridized carbons (Fsp3) is 0.950. The fourth-order valence-corrected chi connectivity index (χ4v) is 10.2. The number of unbranched alkanes of at least 4 members (excludes halogenated alkanes) is 42. The maximum Gasteiger partial charge on any atom is 0.472 e. The van der Waals surface area contributed by atoms with Crippen LogP contribution in [0.1, 0.15) is 316 Å². The highest BCUT2D eigenvalue weighted by Gasteiger charge is 2.28. The van der Waals surface area contributed by atoms with E-state index in [1.54, 1.807) is 0 Å². The SMILES string of the molecule is CCCCCCCCCCCCCCCCCC/C=C\CCCCCCCCCCCCCCCCCCCC(=O)NC(COP(=O)(O)OCC[N+](C)(C)C)C(O)CCCCCCCCCCCC. The minimum Gasteiger partial charge on any atom is -0.391 e. The van der Waals surface area contributed by atoms with Gasteiger partial charge in [-0.05, 0) is 38.5 Å². The van der Waals surface area contributed by atoms with Crippen molar-refractivity contribution in [2.24, 2.45) is 0 Å². The van der Waals surface area contributed by atoms with Crippen LogP contribution in [0, 0.1) is 0 Å². The Bertz CT molecular complexity index is 1130. The van der Waals surface area contributed by atoms with Crippen molar-refractivity contribution in [3.05, 3.63) is 12.2 Å². The summed E-state index contributed by atoms with van der Waals surface area (Å²) in [6.07, 6.45) is 64.6. The highest BCUT2D eigenvalue weighted by atomic mass is 31.2. The first-order valence-corrected chi connectivity index (χ1v) is 32.0. The Morgan fingerprint density at radius 2 is 0.783 bits per heavy atom. The van der Waals surface area contributed by atoms with E-state index < -0.39 is 20.0 Å². The van der Waals surface area contributed by atoms with Gasteiger partial charge in [0.25, 0.3) is 0 Å². The van der Waals surface area contributed by atoms with Gasteiger partial charge in [-0.2, -0.15) is 0 Å². The van der Waals surface area contributed by atoms with E-state index in [9.17, 15) is 19.4 Å². The minimum atomic E-state index is -4.31. The maximum absolute atomic E-state index is 12.9. The minimum absolute atomic E-state index is 0.0774. The number of aliphatic hydroxyl groups excluding tert-OH is 1. The van der Waals surface area contributed by atoms with Gasteiger partial charge in [-0.3, -0.25) is 13.8 Å². The van der Waals surface area contributed by atoms with Crippen molar-refractivity contribution >= 4 is 13.7 Å². The van der Waals surface area contributed by atoms with Gasteiger partial charge in [-0.15, -0.1) is 0 Å². The molecule has 0 aliphatic rings. The lowest BCUT2D eigenvalue weighted by Gasteiger charge is -2.26. The zero-order valence-electron chi connectivity index (χ0n) is 47.1. The van der Waals surface area contributed by atoms with Gasteiger partial charge in [-0.1, -0.05) is 283 Å². The lowest BCUT2D eigenvalue weighted by Crippen LogP contribution is -2.46. The van der Waals surface area contributed by atoms with Crippen molar-refractivity contribution in [1.29, 1.82) is 0 Å². The zero-order chi connectivity index (χ0) is 50.6. The molecule has 0 fully saturated rings. The molecule has 3 atom stereocenters. The van der Waals surface area contributed by atoms with Crippen molar-refractivity contribution in [2.45, 2.75) is 328 Å². The number of allylic oxidation sites excluding steroid dienone is 2. The molecule has 0 aliphatic carbocycles. The van der Waals surface area contributed by atoms with Gasteiger partial charge >= 0.3 is 7.82 Å². The maximum atomic E-state index is 12.9. The first-order valence-electron chi connectivity index (χ1n) is 30.6. The molecule has 0 rings (SSSR count). The van der Waals surface area contributed by atoms with Gasteiger partial charge in [-0.25, -0.2) is 4.57 Å². The lowest BCUT2D eigenvalue weighted by molar-refractivity contribution is -0.870. The molecule has 0 aromatic carbocycles. The molecule has 0 aromatic heterocycles. The van der Waals surface area contributed by atoms with Gasteiger partial charge < -0.3 is 19.8 Å². The molecule has 0 spiro atoms. The Morgan fingerprint density at radius 1 is 0.478 bits per heavy atom. The summed E-state index contributed by atoms with van der Waals surface area (Å²) in [6, 6.07) is -0.755. The largest absolute Gasteiger partial charge is 0.472 e. The molecule has 69 heavy (non-hydrogen) atoms. The summed E-state index contributed by atoms with van der Waals surface area (Å²) in [5, 5.41) is 14.0. The molecule has 8 nitrogen and oxygen atoms in total. The van der Waals surface area contributed by atoms with E-state index >= 15 is 0 Å². The normalized spacial score (nSPS) is 13.9. The van der Waals surface area contributed by atoms with Crippen LogP contribution in [0.15, 0.2) is 12.2 Å². The van der Waals surface area contributed by atoms with Crippen LogP contribution in [0.4, 0.5) is 0 Å². The van der Waals surface area contributed by atoms with Crippen molar-refractivity contribution in [3.8, 4) is 0 Å². The highest BCUT2D eigenvalue weighted by Crippen LogP contribution is 2.43. The Hall–Kier alpha value is -0.760. The number of nitrogens with one attached hydrogen (secondary N) is 1. The second-order valence-corrected chi connectivity index (χ2v) is 23.9. The number of carbonyl (C=O) groups excluding carboxylic acids is 1. The molecule has 3 unspecified atom stereocenters. The average molecular weight is 999 g/mol. The number of quaternary nitrogens is 1. The average Bonchev–Trinajstić information content (AvgIpc) is 3.31. The van der Waals surface area contributed by atoms with Crippen LogP contribution in [0.2, 0.25) is 0 Å². The molecule has 0 aromatic rings. The fourth-order valence-electron chi connectivity index (χ4n) is 9.46. The molecular weight excluding hydrogens is 876 g/mol. The molecule has 0 radical (unpaired) electrons. The van der Waals surface area contributed by atoms with E-state index in [0.29, 0.717) is 23.9 Å². The molecule has 0 saturated heterocycles. The molecule has 0 bridgehead atoms. The van der Waals surface area contributed by atoms with Crippen molar-refractivity contribution in [1.82, 2.24) is 5.32 Å². The van der Waals surface area contributed by atoms with Gasteiger partial charge in [0.15, 0.2) is 0 Å². The molecule has 3 N–H and O–H groups in total. The number of aliphatic hydroxyl groups is 1. The van der Waals surface area contributed by atoms with Crippen molar-refractivity contribution in [2.75, 3.05) is 40.9 Å². The third-order valence-electron chi connectivity index (χ3n) is 14.3. The number of likely N-dealkylation sites (N-methyl/N-ethyl adjacent to an activating group) is 1. The summed E-state index contributed by atoms with van der Waals surface area (Å²) in [4.78, 5) is 23.2. The first kappa shape index (κ1) is 68.2. The summed E-state index contributed by atoms with van der Waals surface area (Å²) < 4.78 is 23.7. The number of phosphoric ester groups is 1. The standard InChI is InChI=1S/C60H121N2O6P/c1-6-8-10-12-14-16-18-19-20-21-22-23-24-25-26-27-28-29-30-31-32-33-34-35-36-37-38-39-40-41-42-43-44-46-48-50-52-54-60(64)61-58(57-68-69(65,66)67-56-55-62(3,4)5)59(63)53-51-49-47-45-17-15-13-11-9-7-2/h29-30,58-59,63H,6-28,31-57H2,1-5H3,(H-,61,64,65,66)/p+1/b30-29-. The summed E-state index contributed by atoms with van der Waals surface area (Å²) in [7, 11) is 1.63. The Balaban J connectivity index is 3.81. The topological polar surface area (TPSA) is 105 Å². The number of carbonyl (C=O) groups is 1. The van der Waals surface area contributed by atoms with Crippen LogP contribution in [-0.2, 0) is 18.4 Å². The number of rotatable bonds is 57. The molecule has 9 heteroatoms. The molecular formula is C60H122N2O6P+. The number of phosphoric acid groups is 1. The van der Waals surface area contributed by atoms with Crippen LogP contribution in [-0.4, -0.2) is 73.4 Å². The summed E-state index contributed by atoms with van der Waals surface area (Å²) in [6.45, 7) is 4.91. The molecule has 0 heterocycles. The number of amides is 1. The summed E-state index contributed by atoms with van der Waals surface area (Å²) >= 11 is 0. The van der Waals surface area contributed by atoms with E-state index in [2.05, 4.69) is 31.3 Å². The molecule has 0 saturated carbocycles. The van der Waals surface area contributed by atoms with Crippen LogP contribution in [0.3, 0.4) is 0 Å². The molecule has 0 aliphatic heterocycles. The Labute approximate surface area is 431 Å². The van der Waals surface area contributed by atoms with Crippen molar-refractivity contribution in [3.63, 3.8) is 0 Å². The Morgan fingerprint density at radius 3 is 1.12 bits per heavy atom. The Kier molecular flexibility index (Phi) is 51.5. The molecule has 412 valence electrons. The number of hydrogen-bond acceptors (Lipinski definition) is 5. The lowest BCUT2D eigenvalue weighted by atomic mass is 10.0. The van der Waals surface area contributed by atoms with Gasteiger partial charge in [0.1, 0.15) is 13.2 Å². The zero-order valence-corrected chi connectivity index (χ0v) is 48.0. The van der Waals surface area contributed by atoms with Crippen LogP contribution >= 0.6 is 7.82 Å². The van der Waals surface area contributed by atoms with E-state index in [4.69, 9.17) is 9.05 Å². The third kappa shape index (κ3) is 54.8. The van der Waals surface area contributed by atoms with E-state index in [0.717, 1.165) is 38.5 Å². The second-order valence-electron chi connectivity index (χ2n) is 22.4. The van der Waals surface area contributed by atoms with E-state index in [1.807, 2.05) is 21.1 Å². The smallest absolute Gasteiger partial charge is 0.391 e. The highest BCUT2D eigenvalue weighted by molar-refractivity contribution is 7.47. The van der Waals surface area contributed by atoms with Crippen LogP contribution < -0.4 is 5.32 Å². The summed E-state index contributed by atoms with van der Waals surface area (Å²) in [5.41, 5.74) is 0. The van der Waals surface area contributed by atoms with Gasteiger partial charge in [0.2, 0.25) is 5.91 Å². The first-order chi connectivity index (χ1) is 33.5. The number of nitrogens with zero attached hydrogens (tertiary/aromatic N) is 1. The summed E-state index contributed by atoms with van der Waals surface area (Å²) in [5.74, 6) is -0.140. The van der Waals surface area contributed by atoms with Crippen molar-refractivity contribution < 1.29 is 32.9 Å². The predicted molar refractivity (Wildman–Crippen MR) is 300 cm³/mol. The predicted octanol–water partition coefficient (Wildman–Crippen LogP) is 18.6. The molecule has 1 amide bonds.